The number of imidazole rings is 1. The second-order valence-corrected chi connectivity index (χ2v) is 6.30. The number of pyridine rings is 1. The molecule has 0 saturated carbocycles. The summed E-state index contributed by atoms with van der Waals surface area (Å²) < 4.78 is 15.2. The average molecular weight is 390 g/mol. The lowest BCUT2D eigenvalue weighted by molar-refractivity contribution is -0.125. The molecule has 0 aliphatic rings. The Labute approximate surface area is 159 Å². The topological polar surface area (TPSA) is 88.9 Å². The van der Waals surface area contributed by atoms with Gasteiger partial charge in [0, 0.05) is 13.1 Å². The van der Waals surface area contributed by atoms with Crippen molar-refractivity contribution in [2.45, 2.75) is 20.0 Å². The van der Waals surface area contributed by atoms with Crippen LogP contribution in [0.2, 0.25) is 5.02 Å². The fraction of sp³-hybridized carbons (Fsp3) is 0.222. The minimum atomic E-state index is -0.487. The highest BCUT2D eigenvalue weighted by Crippen LogP contribution is 2.20. The lowest BCUT2D eigenvalue weighted by Gasteiger charge is -2.10. The van der Waals surface area contributed by atoms with Crippen LogP contribution < -0.4 is 10.6 Å². The Balaban J connectivity index is 1.84. The predicted octanol–water partition coefficient (Wildman–Crippen LogP) is 2.02. The van der Waals surface area contributed by atoms with Gasteiger partial charge < -0.3 is 15.2 Å². The second kappa shape index (κ2) is 8.13. The van der Waals surface area contributed by atoms with Crippen LogP contribution in [0.25, 0.3) is 11.2 Å². The van der Waals surface area contributed by atoms with Crippen LogP contribution in [0.1, 0.15) is 18.3 Å². The van der Waals surface area contributed by atoms with Crippen molar-refractivity contribution in [2.24, 2.45) is 0 Å². The van der Waals surface area contributed by atoms with E-state index in [1.165, 1.54) is 13.0 Å². The van der Waals surface area contributed by atoms with Crippen molar-refractivity contribution >= 4 is 34.6 Å². The first-order valence-electron chi connectivity index (χ1n) is 8.19. The summed E-state index contributed by atoms with van der Waals surface area (Å²) in [5.74, 6) is -0.517. The molecular formula is C18H17ClFN5O2. The molecule has 3 rings (SSSR count). The number of aromatic nitrogens is 3. The van der Waals surface area contributed by atoms with Crippen molar-refractivity contribution < 1.29 is 14.0 Å². The quantitative estimate of drug-likeness (QED) is 0.675. The van der Waals surface area contributed by atoms with Crippen LogP contribution in [0.5, 0.6) is 0 Å². The predicted molar refractivity (Wildman–Crippen MR) is 98.6 cm³/mol. The van der Waals surface area contributed by atoms with Gasteiger partial charge in [-0.1, -0.05) is 17.7 Å². The summed E-state index contributed by atoms with van der Waals surface area (Å²) in [5, 5.41) is 5.18. The molecule has 2 N–H and O–H groups in total. The van der Waals surface area contributed by atoms with Crippen molar-refractivity contribution in [3.8, 4) is 0 Å². The fourth-order valence-electron chi connectivity index (χ4n) is 2.57. The van der Waals surface area contributed by atoms with Gasteiger partial charge in [-0.25, -0.2) is 14.4 Å². The highest BCUT2D eigenvalue weighted by Gasteiger charge is 2.14. The van der Waals surface area contributed by atoms with E-state index < -0.39 is 5.82 Å². The number of hydrogen-bond acceptors (Lipinski definition) is 4. The van der Waals surface area contributed by atoms with E-state index in [9.17, 15) is 14.0 Å². The third kappa shape index (κ3) is 4.59. The molecule has 0 fully saturated rings. The van der Waals surface area contributed by atoms with Gasteiger partial charge >= 0.3 is 0 Å². The number of amides is 2. The molecule has 0 radical (unpaired) electrons. The lowest BCUT2D eigenvalue weighted by atomic mass is 10.2. The summed E-state index contributed by atoms with van der Waals surface area (Å²) in [4.78, 5) is 31.6. The number of hydrogen-bond donors (Lipinski definition) is 2. The maximum atomic E-state index is 13.4. The van der Waals surface area contributed by atoms with E-state index in [0.29, 0.717) is 23.5 Å². The molecule has 0 bridgehead atoms. The van der Waals surface area contributed by atoms with E-state index >= 15 is 0 Å². The molecule has 2 aromatic heterocycles. The van der Waals surface area contributed by atoms with Crippen LogP contribution in [0.15, 0.2) is 36.5 Å². The van der Waals surface area contributed by atoms with Crippen molar-refractivity contribution in [1.29, 1.82) is 0 Å². The van der Waals surface area contributed by atoms with Crippen LogP contribution in [-0.2, 0) is 22.7 Å². The third-order valence-corrected chi connectivity index (χ3v) is 4.14. The van der Waals surface area contributed by atoms with Gasteiger partial charge in [-0.2, -0.15) is 0 Å². The Morgan fingerprint density at radius 2 is 2.07 bits per heavy atom. The maximum absolute atomic E-state index is 13.4. The van der Waals surface area contributed by atoms with E-state index in [1.807, 2.05) is 10.6 Å². The standard InChI is InChI=1S/C18H17ClFN5O2/c1-11(26)22-9-17(27)23-8-16-24-15-3-2-6-21-18(15)25(16)10-12-4-5-14(20)13(19)7-12/h2-7H,8-10H2,1H3,(H,22,26)(H,23,27). The minimum Gasteiger partial charge on any atom is -0.347 e. The largest absolute Gasteiger partial charge is 0.347 e. The molecule has 27 heavy (non-hydrogen) atoms. The number of benzene rings is 1. The number of carbonyl (C=O) groups is 2. The van der Waals surface area contributed by atoms with Crippen molar-refractivity contribution in [2.75, 3.05) is 6.54 Å². The number of rotatable bonds is 6. The molecule has 7 nitrogen and oxygen atoms in total. The maximum Gasteiger partial charge on any atom is 0.239 e. The number of nitrogens with zero attached hydrogens (tertiary/aromatic N) is 3. The highest BCUT2D eigenvalue weighted by atomic mass is 35.5. The molecule has 0 aliphatic carbocycles. The summed E-state index contributed by atoms with van der Waals surface area (Å²) in [7, 11) is 0. The van der Waals surface area contributed by atoms with Gasteiger partial charge in [-0.3, -0.25) is 9.59 Å². The summed E-state index contributed by atoms with van der Waals surface area (Å²) in [6.45, 7) is 1.75. The first kappa shape index (κ1) is 18.8. The van der Waals surface area contributed by atoms with Gasteiger partial charge in [-0.15, -0.1) is 0 Å². The van der Waals surface area contributed by atoms with Crippen LogP contribution in [0.3, 0.4) is 0 Å². The van der Waals surface area contributed by atoms with Crippen molar-refractivity contribution in [1.82, 2.24) is 25.2 Å². The van der Waals surface area contributed by atoms with Gasteiger partial charge in [0.15, 0.2) is 5.65 Å². The minimum absolute atomic E-state index is 0.0371. The zero-order chi connectivity index (χ0) is 19.4. The normalized spacial score (nSPS) is 10.8. The van der Waals surface area contributed by atoms with E-state index in [2.05, 4.69) is 20.6 Å². The number of fused-ring (bicyclic) bond motifs is 1. The van der Waals surface area contributed by atoms with E-state index in [-0.39, 0.29) is 29.9 Å². The summed E-state index contributed by atoms with van der Waals surface area (Å²) in [5.41, 5.74) is 2.10. The first-order chi connectivity index (χ1) is 12.9. The number of halogens is 2. The lowest BCUT2D eigenvalue weighted by Crippen LogP contribution is -2.36. The van der Waals surface area contributed by atoms with Crippen molar-refractivity contribution in [3.05, 3.63) is 58.8 Å². The molecule has 140 valence electrons. The Kier molecular flexibility index (Phi) is 5.66. The molecule has 0 unspecified atom stereocenters. The van der Waals surface area contributed by atoms with Gasteiger partial charge in [0.2, 0.25) is 11.8 Å². The van der Waals surface area contributed by atoms with E-state index in [0.717, 1.165) is 5.56 Å². The zero-order valence-corrected chi connectivity index (χ0v) is 15.3. The summed E-state index contributed by atoms with van der Waals surface area (Å²) in [6, 6.07) is 8.08. The van der Waals surface area contributed by atoms with Crippen LogP contribution in [-0.4, -0.2) is 32.9 Å². The molecule has 2 heterocycles. The molecule has 3 aromatic rings. The SMILES string of the molecule is CC(=O)NCC(=O)NCc1nc2cccnc2n1Cc1ccc(F)c(Cl)c1. The fourth-order valence-corrected chi connectivity index (χ4v) is 2.78. The average Bonchev–Trinajstić information content (AvgIpc) is 2.99. The van der Waals surface area contributed by atoms with Crippen LogP contribution >= 0.6 is 11.6 Å². The Bertz CT molecular complexity index is 1000. The highest BCUT2D eigenvalue weighted by molar-refractivity contribution is 6.30. The molecule has 0 saturated heterocycles. The zero-order valence-electron chi connectivity index (χ0n) is 14.5. The molecule has 0 atom stereocenters. The number of nitrogens with one attached hydrogen (secondary N) is 2. The molecule has 0 spiro atoms. The number of carbonyl (C=O) groups excluding carboxylic acids is 2. The molecule has 2 amide bonds. The Morgan fingerprint density at radius 1 is 1.26 bits per heavy atom. The van der Waals surface area contributed by atoms with Crippen LogP contribution in [0.4, 0.5) is 4.39 Å². The van der Waals surface area contributed by atoms with Gasteiger partial charge in [0.1, 0.15) is 17.2 Å². The first-order valence-corrected chi connectivity index (χ1v) is 8.57. The van der Waals surface area contributed by atoms with Gasteiger partial charge in [0.05, 0.1) is 24.7 Å². The molecule has 1 aromatic carbocycles. The Hall–Kier alpha value is -3.00. The molecule has 9 heteroatoms. The third-order valence-electron chi connectivity index (χ3n) is 3.85. The second-order valence-electron chi connectivity index (χ2n) is 5.90. The smallest absolute Gasteiger partial charge is 0.239 e. The molecule has 0 aliphatic heterocycles. The summed E-state index contributed by atoms with van der Waals surface area (Å²) >= 11 is 5.87. The van der Waals surface area contributed by atoms with Gasteiger partial charge in [0.25, 0.3) is 0 Å². The van der Waals surface area contributed by atoms with E-state index in [4.69, 9.17) is 11.6 Å². The van der Waals surface area contributed by atoms with E-state index in [1.54, 1.807) is 24.4 Å². The van der Waals surface area contributed by atoms with Crippen LogP contribution in [0, 0.1) is 5.82 Å². The summed E-state index contributed by atoms with van der Waals surface area (Å²) in [6.07, 6.45) is 1.65. The molecular weight excluding hydrogens is 373 g/mol. The van der Waals surface area contributed by atoms with Gasteiger partial charge in [-0.05, 0) is 29.8 Å². The monoisotopic (exact) mass is 389 g/mol. The van der Waals surface area contributed by atoms with Crippen molar-refractivity contribution in [3.63, 3.8) is 0 Å². The Morgan fingerprint density at radius 3 is 2.81 bits per heavy atom.